The molecule has 0 radical (unpaired) electrons. The number of carbonyl (C=O) groups is 1. The first-order valence-corrected chi connectivity index (χ1v) is 6.26. The first kappa shape index (κ1) is 13.8. The third-order valence-electron chi connectivity index (χ3n) is 2.94. The molecule has 0 atom stereocenters. The van der Waals surface area contributed by atoms with Gasteiger partial charge < -0.3 is 19.5 Å². The first-order valence-electron chi connectivity index (χ1n) is 6.26. The maximum atomic E-state index is 11.9. The van der Waals surface area contributed by atoms with E-state index in [2.05, 4.69) is 4.98 Å². The molecule has 1 aliphatic heterocycles. The summed E-state index contributed by atoms with van der Waals surface area (Å²) >= 11 is 0. The number of aliphatic hydroxyl groups is 1. The van der Waals surface area contributed by atoms with Gasteiger partial charge in [-0.15, -0.1) is 0 Å². The molecule has 0 unspecified atom stereocenters. The number of hydrogen-bond acceptors (Lipinski definition) is 5. The molecule has 6 heteroatoms. The van der Waals surface area contributed by atoms with Crippen LogP contribution in [0.5, 0.6) is 5.75 Å². The lowest BCUT2D eigenvalue weighted by molar-refractivity contribution is -0.137. The molecule has 104 valence electrons. The fourth-order valence-electron chi connectivity index (χ4n) is 1.89. The van der Waals surface area contributed by atoms with Gasteiger partial charge in [0.05, 0.1) is 19.8 Å². The largest absolute Gasteiger partial charge is 0.482 e. The van der Waals surface area contributed by atoms with Crippen LogP contribution in [-0.4, -0.2) is 53.8 Å². The molecule has 0 aromatic carbocycles. The Morgan fingerprint density at radius 1 is 1.47 bits per heavy atom. The van der Waals surface area contributed by atoms with Crippen LogP contribution in [0, 0.1) is 6.92 Å². The van der Waals surface area contributed by atoms with Gasteiger partial charge in [-0.1, -0.05) is 0 Å². The van der Waals surface area contributed by atoms with E-state index in [1.807, 2.05) is 6.92 Å². The van der Waals surface area contributed by atoms with Crippen molar-refractivity contribution in [2.45, 2.75) is 13.5 Å². The van der Waals surface area contributed by atoms with Gasteiger partial charge in [0.15, 0.2) is 6.61 Å². The summed E-state index contributed by atoms with van der Waals surface area (Å²) in [5.74, 6) is 0.377. The van der Waals surface area contributed by atoms with Crippen LogP contribution in [-0.2, 0) is 16.1 Å². The summed E-state index contributed by atoms with van der Waals surface area (Å²) in [4.78, 5) is 17.8. The number of hydrogen-bond donors (Lipinski definition) is 1. The SMILES string of the molecule is Cc1ccc(OCC(=O)N2CCOCC2)c(CO)n1. The Hall–Kier alpha value is -1.66. The van der Waals surface area contributed by atoms with Crippen LogP contribution < -0.4 is 4.74 Å². The molecule has 2 heterocycles. The van der Waals surface area contributed by atoms with Gasteiger partial charge in [0, 0.05) is 18.8 Å². The topological polar surface area (TPSA) is 71.9 Å². The number of pyridine rings is 1. The summed E-state index contributed by atoms with van der Waals surface area (Å²) in [6.07, 6.45) is 0. The summed E-state index contributed by atoms with van der Waals surface area (Å²) < 4.78 is 10.6. The second-order valence-corrected chi connectivity index (χ2v) is 4.34. The zero-order valence-electron chi connectivity index (χ0n) is 11.0. The van der Waals surface area contributed by atoms with Crippen LogP contribution in [0.25, 0.3) is 0 Å². The number of carbonyl (C=O) groups excluding carboxylic acids is 1. The van der Waals surface area contributed by atoms with Gasteiger partial charge in [0.1, 0.15) is 11.4 Å². The van der Waals surface area contributed by atoms with E-state index in [1.165, 1.54) is 0 Å². The highest BCUT2D eigenvalue weighted by Crippen LogP contribution is 2.17. The van der Waals surface area contributed by atoms with E-state index in [4.69, 9.17) is 9.47 Å². The van der Waals surface area contributed by atoms with Crippen molar-refractivity contribution in [1.29, 1.82) is 0 Å². The molecule has 1 aromatic rings. The molecule has 1 N–H and O–H groups in total. The maximum absolute atomic E-state index is 11.9. The predicted octanol–water partition coefficient (Wildman–Crippen LogP) is 0.120. The molecule has 19 heavy (non-hydrogen) atoms. The molecule has 1 amide bonds. The van der Waals surface area contributed by atoms with Crippen molar-refractivity contribution in [3.63, 3.8) is 0 Å². The van der Waals surface area contributed by atoms with Crippen LogP contribution in [0.15, 0.2) is 12.1 Å². The number of aliphatic hydroxyl groups excluding tert-OH is 1. The number of aromatic nitrogens is 1. The summed E-state index contributed by atoms with van der Waals surface area (Å²) in [6, 6.07) is 3.51. The lowest BCUT2D eigenvalue weighted by Crippen LogP contribution is -2.43. The zero-order chi connectivity index (χ0) is 13.7. The van der Waals surface area contributed by atoms with Crippen molar-refractivity contribution in [3.05, 3.63) is 23.5 Å². The van der Waals surface area contributed by atoms with E-state index >= 15 is 0 Å². The minimum atomic E-state index is -0.206. The first-order chi connectivity index (χ1) is 9.20. The Labute approximate surface area is 112 Å². The summed E-state index contributed by atoms with van der Waals surface area (Å²) in [6.45, 7) is 3.92. The molecule has 2 rings (SSSR count). The van der Waals surface area contributed by atoms with E-state index in [-0.39, 0.29) is 19.1 Å². The van der Waals surface area contributed by atoms with Gasteiger partial charge in [-0.3, -0.25) is 9.78 Å². The second kappa shape index (κ2) is 6.49. The average Bonchev–Trinajstić information content (AvgIpc) is 2.46. The molecule has 0 spiro atoms. The second-order valence-electron chi connectivity index (χ2n) is 4.34. The molecule has 1 aromatic heterocycles. The number of ether oxygens (including phenoxy) is 2. The lowest BCUT2D eigenvalue weighted by atomic mass is 10.3. The zero-order valence-corrected chi connectivity index (χ0v) is 11.0. The van der Waals surface area contributed by atoms with E-state index in [0.29, 0.717) is 37.7 Å². The number of aryl methyl sites for hydroxylation is 1. The maximum Gasteiger partial charge on any atom is 0.260 e. The highest BCUT2D eigenvalue weighted by atomic mass is 16.5. The van der Waals surface area contributed by atoms with Gasteiger partial charge in [-0.25, -0.2) is 0 Å². The molecule has 1 fully saturated rings. The van der Waals surface area contributed by atoms with E-state index in [9.17, 15) is 9.90 Å². The summed E-state index contributed by atoms with van der Waals surface area (Å²) in [7, 11) is 0. The van der Waals surface area contributed by atoms with Gasteiger partial charge in [-0.2, -0.15) is 0 Å². The Bertz CT molecular complexity index is 444. The molecular formula is C13H18N2O4. The predicted molar refractivity (Wildman–Crippen MR) is 67.8 cm³/mol. The van der Waals surface area contributed by atoms with Crippen LogP contribution in [0.1, 0.15) is 11.4 Å². The van der Waals surface area contributed by atoms with Crippen molar-refractivity contribution in [2.75, 3.05) is 32.9 Å². The molecule has 0 bridgehead atoms. The number of amides is 1. The standard InChI is InChI=1S/C13H18N2O4/c1-10-2-3-12(11(8-16)14-10)19-9-13(17)15-4-6-18-7-5-15/h2-3,16H,4-9H2,1H3. The summed E-state index contributed by atoms with van der Waals surface area (Å²) in [5.41, 5.74) is 1.26. The van der Waals surface area contributed by atoms with Crippen molar-refractivity contribution >= 4 is 5.91 Å². The third kappa shape index (κ3) is 3.65. The minimum Gasteiger partial charge on any atom is -0.482 e. The van der Waals surface area contributed by atoms with Gasteiger partial charge in [0.25, 0.3) is 5.91 Å². The van der Waals surface area contributed by atoms with Gasteiger partial charge in [0.2, 0.25) is 0 Å². The van der Waals surface area contributed by atoms with Crippen LogP contribution in [0.2, 0.25) is 0 Å². The third-order valence-corrected chi connectivity index (χ3v) is 2.94. The monoisotopic (exact) mass is 266 g/mol. The molecular weight excluding hydrogens is 248 g/mol. The van der Waals surface area contributed by atoms with Crippen LogP contribution in [0.3, 0.4) is 0 Å². The average molecular weight is 266 g/mol. The smallest absolute Gasteiger partial charge is 0.260 e. The Morgan fingerprint density at radius 2 is 2.21 bits per heavy atom. The molecule has 1 aliphatic rings. The summed E-state index contributed by atoms with van der Waals surface area (Å²) in [5, 5.41) is 9.20. The van der Waals surface area contributed by atoms with Crippen molar-refractivity contribution in [3.8, 4) is 5.75 Å². The quantitative estimate of drug-likeness (QED) is 0.838. The highest BCUT2D eigenvalue weighted by molar-refractivity contribution is 5.77. The van der Waals surface area contributed by atoms with E-state index in [1.54, 1.807) is 17.0 Å². The van der Waals surface area contributed by atoms with Crippen molar-refractivity contribution in [1.82, 2.24) is 9.88 Å². The molecule has 0 aliphatic carbocycles. The molecule has 6 nitrogen and oxygen atoms in total. The fourth-order valence-corrected chi connectivity index (χ4v) is 1.89. The Kier molecular flexibility index (Phi) is 4.70. The lowest BCUT2D eigenvalue weighted by Gasteiger charge is -2.26. The van der Waals surface area contributed by atoms with Gasteiger partial charge in [-0.05, 0) is 19.1 Å². The molecule has 1 saturated heterocycles. The fraction of sp³-hybridized carbons (Fsp3) is 0.538. The van der Waals surface area contributed by atoms with E-state index < -0.39 is 0 Å². The normalized spacial score (nSPS) is 15.4. The molecule has 0 saturated carbocycles. The van der Waals surface area contributed by atoms with Gasteiger partial charge >= 0.3 is 0 Å². The van der Waals surface area contributed by atoms with Crippen molar-refractivity contribution < 1.29 is 19.4 Å². The number of rotatable bonds is 4. The van der Waals surface area contributed by atoms with E-state index in [0.717, 1.165) is 5.69 Å². The minimum absolute atomic E-state index is 0.0439. The Balaban J connectivity index is 1.92. The van der Waals surface area contributed by atoms with Crippen molar-refractivity contribution in [2.24, 2.45) is 0 Å². The number of morpholine rings is 1. The Morgan fingerprint density at radius 3 is 2.89 bits per heavy atom. The highest BCUT2D eigenvalue weighted by Gasteiger charge is 2.17. The van der Waals surface area contributed by atoms with Crippen LogP contribution in [0.4, 0.5) is 0 Å². The van der Waals surface area contributed by atoms with Crippen LogP contribution >= 0.6 is 0 Å². The number of nitrogens with zero attached hydrogens (tertiary/aromatic N) is 2.